The van der Waals surface area contributed by atoms with E-state index >= 15 is 0 Å². The molecular formula is C9H13N3O. The molecule has 4 heteroatoms. The molecule has 70 valence electrons. The Hall–Kier alpha value is -1.50. The Morgan fingerprint density at radius 3 is 2.69 bits per heavy atom. The molecule has 0 aliphatic heterocycles. The highest BCUT2D eigenvalue weighted by molar-refractivity contribution is 5.13. The van der Waals surface area contributed by atoms with E-state index in [2.05, 4.69) is 5.10 Å². The Kier molecular flexibility index (Phi) is 2.91. The van der Waals surface area contributed by atoms with Crippen LogP contribution in [0.1, 0.15) is 26.8 Å². The van der Waals surface area contributed by atoms with Gasteiger partial charge in [0, 0.05) is 6.04 Å². The lowest BCUT2D eigenvalue weighted by molar-refractivity contribution is 0.276. The third kappa shape index (κ3) is 2.48. The number of hydrogen-bond donors (Lipinski definition) is 0. The van der Waals surface area contributed by atoms with Crippen LogP contribution in [0.2, 0.25) is 0 Å². The predicted molar refractivity (Wildman–Crippen MR) is 48.3 cm³/mol. The van der Waals surface area contributed by atoms with Gasteiger partial charge in [0.25, 0.3) is 0 Å². The van der Waals surface area contributed by atoms with Crippen molar-refractivity contribution in [1.82, 2.24) is 9.78 Å². The second-order valence-corrected chi connectivity index (χ2v) is 3.14. The van der Waals surface area contributed by atoms with Crippen LogP contribution in [-0.4, -0.2) is 15.9 Å². The van der Waals surface area contributed by atoms with Crippen LogP contribution in [0, 0.1) is 11.3 Å². The first-order valence-corrected chi connectivity index (χ1v) is 4.24. The van der Waals surface area contributed by atoms with Gasteiger partial charge in [0.15, 0.2) is 11.9 Å². The van der Waals surface area contributed by atoms with E-state index in [0.29, 0.717) is 11.8 Å². The molecule has 0 radical (unpaired) electrons. The van der Waals surface area contributed by atoms with Crippen molar-refractivity contribution in [1.29, 1.82) is 5.26 Å². The maximum atomic E-state index is 8.51. The third-order valence-electron chi connectivity index (χ3n) is 1.60. The standard InChI is InChI=1S/C9H13N3O/c1-7(2)12-6-9(5-11-12)13-8(3)4-10/h5-8H,1-3H3. The lowest BCUT2D eigenvalue weighted by atomic mass is 10.4. The van der Waals surface area contributed by atoms with E-state index in [1.165, 1.54) is 0 Å². The fourth-order valence-electron chi connectivity index (χ4n) is 0.894. The molecule has 0 saturated carbocycles. The predicted octanol–water partition coefficient (Wildman–Crippen LogP) is 1.75. The second kappa shape index (κ2) is 3.94. The van der Waals surface area contributed by atoms with Gasteiger partial charge in [-0.3, -0.25) is 4.68 Å². The zero-order chi connectivity index (χ0) is 9.84. The topological polar surface area (TPSA) is 50.8 Å². The van der Waals surface area contributed by atoms with Crippen LogP contribution in [0.25, 0.3) is 0 Å². The Labute approximate surface area is 77.7 Å². The number of aromatic nitrogens is 2. The second-order valence-electron chi connectivity index (χ2n) is 3.14. The summed E-state index contributed by atoms with van der Waals surface area (Å²) in [5.74, 6) is 0.641. The van der Waals surface area contributed by atoms with E-state index in [1.807, 2.05) is 19.9 Å². The van der Waals surface area contributed by atoms with Crippen LogP contribution in [0.4, 0.5) is 0 Å². The molecule has 0 N–H and O–H groups in total. The zero-order valence-electron chi connectivity index (χ0n) is 8.06. The summed E-state index contributed by atoms with van der Waals surface area (Å²) in [6, 6.07) is 2.31. The number of rotatable bonds is 3. The van der Waals surface area contributed by atoms with Gasteiger partial charge in [-0.2, -0.15) is 10.4 Å². The van der Waals surface area contributed by atoms with Crippen molar-refractivity contribution in [2.45, 2.75) is 32.9 Å². The average molecular weight is 179 g/mol. The lowest BCUT2D eigenvalue weighted by Gasteiger charge is -2.04. The normalized spacial score (nSPS) is 12.5. The summed E-state index contributed by atoms with van der Waals surface area (Å²) in [6.07, 6.45) is 2.98. The highest BCUT2D eigenvalue weighted by atomic mass is 16.5. The molecule has 1 aromatic heterocycles. The highest BCUT2D eigenvalue weighted by Gasteiger charge is 2.05. The fourth-order valence-corrected chi connectivity index (χ4v) is 0.894. The molecule has 1 heterocycles. The quantitative estimate of drug-likeness (QED) is 0.710. The van der Waals surface area contributed by atoms with Crippen LogP contribution >= 0.6 is 0 Å². The molecule has 0 saturated heterocycles. The van der Waals surface area contributed by atoms with Crippen molar-refractivity contribution in [3.63, 3.8) is 0 Å². The zero-order valence-corrected chi connectivity index (χ0v) is 8.06. The van der Waals surface area contributed by atoms with Crippen molar-refractivity contribution < 1.29 is 4.74 Å². The molecule has 0 spiro atoms. The van der Waals surface area contributed by atoms with Crippen LogP contribution in [-0.2, 0) is 0 Å². The summed E-state index contributed by atoms with van der Waals surface area (Å²) < 4.78 is 7.04. The van der Waals surface area contributed by atoms with E-state index in [4.69, 9.17) is 10.00 Å². The molecule has 0 aliphatic carbocycles. The number of nitrogens with zero attached hydrogens (tertiary/aromatic N) is 3. The van der Waals surface area contributed by atoms with Crippen LogP contribution in [0.3, 0.4) is 0 Å². The van der Waals surface area contributed by atoms with Gasteiger partial charge in [0.1, 0.15) is 6.07 Å². The van der Waals surface area contributed by atoms with E-state index < -0.39 is 6.10 Å². The lowest BCUT2D eigenvalue weighted by Crippen LogP contribution is -2.07. The van der Waals surface area contributed by atoms with Gasteiger partial charge in [-0.15, -0.1) is 0 Å². The molecule has 13 heavy (non-hydrogen) atoms. The minimum atomic E-state index is -0.426. The van der Waals surface area contributed by atoms with Gasteiger partial charge in [0.05, 0.1) is 12.4 Å². The summed E-state index contributed by atoms with van der Waals surface area (Å²) in [7, 11) is 0. The van der Waals surface area contributed by atoms with Crippen molar-refractivity contribution in [3.05, 3.63) is 12.4 Å². The number of hydrogen-bond acceptors (Lipinski definition) is 3. The van der Waals surface area contributed by atoms with E-state index in [-0.39, 0.29) is 0 Å². The summed E-state index contributed by atoms with van der Waals surface area (Å²) in [6.45, 7) is 5.77. The van der Waals surface area contributed by atoms with Crippen molar-refractivity contribution in [3.8, 4) is 11.8 Å². The van der Waals surface area contributed by atoms with Crippen molar-refractivity contribution >= 4 is 0 Å². The first-order chi connectivity index (χ1) is 6.13. The van der Waals surface area contributed by atoms with E-state index in [1.54, 1.807) is 24.0 Å². The van der Waals surface area contributed by atoms with Crippen LogP contribution in [0.15, 0.2) is 12.4 Å². The molecule has 1 atom stereocenters. The minimum Gasteiger partial charge on any atom is -0.473 e. The van der Waals surface area contributed by atoms with Crippen LogP contribution in [0.5, 0.6) is 5.75 Å². The maximum Gasteiger partial charge on any atom is 0.181 e. The highest BCUT2D eigenvalue weighted by Crippen LogP contribution is 2.13. The average Bonchev–Trinajstić information content (AvgIpc) is 2.52. The summed E-state index contributed by atoms with van der Waals surface area (Å²) in [5.41, 5.74) is 0. The van der Waals surface area contributed by atoms with Gasteiger partial charge >= 0.3 is 0 Å². The van der Waals surface area contributed by atoms with Gasteiger partial charge in [-0.25, -0.2) is 0 Å². The van der Waals surface area contributed by atoms with E-state index in [0.717, 1.165) is 0 Å². The molecular weight excluding hydrogens is 166 g/mol. The molecule has 0 fully saturated rings. The molecule has 0 amide bonds. The Bertz CT molecular complexity index is 311. The Morgan fingerprint density at radius 1 is 1.54 bits per heavy atom. The van der Waals surface area contributed by atoms with Crippen LogP contribution < -0.4 is 4.74 Å². The molecule has 0 aliphatic rings. The summed E-state index contributed by atoms with van der Waals surface area (Å²) in [5, 5.41) is 12.6. The molecule has 0 bridgehead atoms. The largest absolute Gasteiger partial charge is 0.473 e. The third-order valence-corrected chi connectivity index (χ3v) is 1.60. The molecule has 4 nitrogen and oxygen atoms in total. The smallest absolute Gasteiger partial charge is 0.181 e. The van der Waals surface area contributed by atoms with Crippen molar-refractivity contribution in [2.75, 3.05) is 0 Å². The Balaban J connectivity index is 2.65. The van der Waals surface area contributed by atoms with Gasteiger partial charge in [0.2, 0.25) is 0 Å². The van der Waals surface area contributed by atoms with Gasteiger partial charge in [-0.05, 0) is 20.8 Å². The summed E-state index contributed by atoms with van der Waals surface area (Å²) in [4.78, 5) is 0. The van der Waals surface area contributed by atoms with Crippen molar-refractivity contribution in [2.24, 2.45) is 0 Å². The fraction of sp³-hybridized carbons (Fsp3) is 0.556. The summed E-state index contributed by atoms with van der Waals surface area (Å²) >= 11 is 0. The molecule has 0 aromatic carbocycles. The minimum absolute atomic E-state index is 0.315. The molecule has 1 unspecified atom stereocenters. The van der Waals surface area contributed by atoms with Gasteiger partial charge < -0.3 is 4.74 Å². The SMILES string of the molecule is CC(C#N)Oc1cnn(C(C)C)c1. The monoisotopic (exact) mass is 179 g/mol. The maximum absolute atomic E-state index is 8.51. The first kappa shape index (κ1) is 9.59. The van der Waals surface area contributed by atoms with E-state index in [9.17, 15) is 0 Å². The first-order valence-electron chi connectivity index (χ1n) is 4.24. The number of nitriles is 1. The molecule has 1 rings (SSSR count). The molecule has 1 aromatic rings. The Morgan fingerprint density at radius 2 is 2.23 bits per heavy atom. The van der Waals surface area contributed by atoms with Gasteiger partial charge in [-0.1, -0.05) is 0 Å². The number of ether oxygens (including phenoxy) is 1.